The molecule has 3 unspecified atom stereocenters. The van der Waals surface area contributed by atoms with E-state index in [1.807, 2.05) is 71.8 Å². The predicted octanol–water partition coefficient (Wildman–Crippen LogP) is 5.43. The van der Waals surface area contributed by atoms with Gasteiger partial charge in [-0.1, -0.05) is 72.8 Å². The fourth-order valence-electron chi connectivity index (χ4n) is 8.29. The Morgan fingerprint density at radius 3 is 2.33 bits per heavy atom. The van der Waals surface area contributed by atoms with Gasteiger partial charge in [0.1, 0.15) is 0 Å². The number of hydrogen-bond donors (Lipinski definition) is 2. The number of anilines is 1. The number of Topliss-reactive ketones (excluding diaryl/α,β-unsaturated/α-hetero) is 1. The number of benzene rings is 4. The number of ether oxygens (including phenoxy) is 1. The number of nitrogens with zero attached hydrogens (tertiary/aromatic N) is 4. The summed E-state index contributed by atoms with van der Waals surface area (Å²) < 4.78 is 30.6. The molecule has 4 aromatic rings. The van der Waals surface area contributed by atoms with Crippen molar-refractivity contribution < 1.29 is 27.7 Å². The van der Waals surface area contributed by atoms with Crippen LogP contribution in [0.3, 0.4) is 0 Å². The van der Waals surface area contributed by atoms with Crippen LogP contribution in [0, 0.1) is 10.1 Å². The number of nitro groups is 1. The number of primary sulfonamides is 1. The molecule has 1 aliphatic carbocycles. The second-order valence-electron chi connectivity index (χ2n) is 15.3. The molecule has 7 rings (SSSR count). The minimum atomic E-state index is -4.31. The zero-order chi connectivity index (χ0) is 42.1. The molecule has 0 amide bonds. The van der Waals surface area contributed by atoms with Crippen LogP contribution in [0.15, 0.2) is 137 Å². The summed E-state index contributed by atoms with van der Waals surface area (Å²) >= 11 is 1.58. The van der Waals surface area contributed by atoms with Gasteiger partial charge in [0.15, 0.2) is 11.3 Å². The number of carbonyl (C=O) groups is 1. The summed E-state index contributed by atoms with van der Waals surface area (Å²) in [5.74, 6) is -0.0513. The highest BCUT2D eigenvalue weighted by molar-refractivity contribution is 7.99. The van der Waals surface area contributed by atoms with Gasteiger partial charge in [-0.15, -0.1) is 11.8 Å². The Morgan fingerprint density at radius 1 is 0.967 bits per heavy atom. The molecule has 4 aromatic carbocycles. The van der Waals surface area contributed by atoms with E-state index in [1.54, 1.807) is 31.0 Å². The molecule has 2 saturated heterocycles. The highest BCUT2D eigenvalue weighted by atomic mass is 32.2. The minimum Gasteiger partial charge on any atom is -0.379 e. The van der Waals surface area contributed by atoms with E-state index in [-0.39, 0.29) is 11.6 Å². The Morgan fingerprint density at radius 2 is 1.65 bits per heavy atom. The molecule has 15 heteroatoms. The first-order chi connectivity index (χ1) is 29.0. The topological polar surface area (TPSA) is 161 Å². The van der Waals surface area contributed by atoms with Crippen molar-refractivity contribution in [1.29, 1.82) is 0 Å². The van der Waals surface area contributed by atoms with Crippen molar-refractivity contribution in [3.8, 4) is 11.1 Å². The summed E-state index contributed by atoms with van der Waals surface area (Å²) in [5.41, 5.74) is 2.72. The number of allylic oxidation sites excluding steroid dienone is 1. The first-order valence-corrected chi connectivity index (χ1v) is 22.7. The number of thioether (sulfide) groups is 1. The van der Waals surface area contributed by atoms with E-state index >= 15 is 4.79 Å². The van der Waals surface area contributed by atoms with Crippen molar-refractivity contribution in [2.24, 2.45) is 5.14 Å². The lowest BCUT2D eigenvalue weighted by atomic mass is 9.79. The highest BCUT2D eigenvalue weighted by Gasteiger charge is 2.53. The van der Waals surface area contributed by atoms with Crippen LogP contribution in [-0.2, 0) is 26.0 Å². The second-order valence-corrected chi connectivity index (χ2v) is 17.9. The molecule has 0 aromatic heterocycles. The SMILES string of the molecule is CON1CCN(c2ccc(C(=O)C3(N[C@H](CCN4CCOCC4)CSc4ccccc4)C=CC(S(N)(=O)=O)=CC3[N+](=O)[O-])cc2)C(Cc2ccccc2-c2ccccc2)C1. The van der Waals surface area contributed by atoms with Crippen LogP contribution in [0.4, 0.5) is 5.69 Å². The Kier molecular flexibility index (Phi) is 14.3. The summed E-state index contributed by atoms with van der Waals surface area (Å²) in [5, 5.41) is 23.9. The van der Waals surface area contributed by atoms with Gasteiger partial charge in [0.2, 0.25) is 10.0 Å². The van der Waals surface area contributed by atoms with Gasteiger partial charge in [-0.3, -0.25) is 25.1 Å². The van der Waals surface area contributed by atoms with Gasteiger partial charge in [-0.25, -0.2) is 13.6 Å². The number of sulfonamides is 1. The summed E-state index contributed by atoms with van der Waals surface area (Å²) in [6, 6.07) is 33.6. The molecule has 60 heavy (non-hydrogen) atoms. The van der Waals surface area contributed by atoms with E-state index < -0.39 is 43.3 Å². The maximum absolute atomic E-state index is 15.1. The fraction of sp³-hybridized carbons (Fsp3) is 0.356. The average Bonchev–Trinajstić information content (AvgIpc) is 3.28. The lowest BCUT2D eigenvalue weighted by Crippen LogP contribution is -2.65. The van der Waals surface area contributed by atoms with Crippen molar-refractivity contribution in [1.82, 2.24) is 15.3 Å². The van der Waals surface area contributed by atoms with Gasteiger partial charge in [0, 0.05) is 77.7 Å². The van der Waals surface area contributed by atoms with Gasteiger partial charge >= 0.3 is 0 Å². The smallest absolute Gasteiger partial charge is 0.261 e. The Labute approximate surface area is 356 Å². The van der Waals surface area contributed by atoms with Crippen molar-refractivity contribution in [2.45, 2.75) is 41.4 Å². The lowest BCUT2D eigenvalue weighted by Gasteiger charge is -2.42. The first-order valence-electron chi connectivity index (χ1n) is 20.2. The fourth-order valence-corrected chi connectivity index (χ4v) is 9.86. The number of carbonyl (C=O) groups excluding carboxylic acids is 1. The third kappa shape index (κ3) is 10.4. The van der Waals surface area contributed by atoms with Crippen molar-refractivity contribution in [2.75, 3.05) is 70.2 Å². The van der Waals surface area contributed by atoms with Crippen LogP contribution < -0.4 is 15.4 Å². The van der Waals surface area contributed by atoms with E-state index in [2.05, 4.69) is 45.4 Å². The molecular formula is C45H52N6O7S2. The van der Waals surface area contributed by atoms with Crippen LogP contribution >= 0.6 is 11.8 Å². The van der Waals surface area contributed by atoms with Crippen LogP contribution in [0.2, 0.25) is 0 Å². The summed E-state index contributed by atoms with van der Waals surface area (Å²) in [7, 11) is -2.63. The van der Waals surface area contributed by atoms with Crippen molar-refractivity contribution >= 4 is 33.3 Å². The summed E-state index contributed by atoms with van der Waals surface area (Å²) in [4.78, 5) is 38.4. The zero-order valence-electron chi connectivity index (χ0n) is 33.7. The molecular weight excluding hydrogens is 801 g/mol. The highest BCUT2D eigenvalue weighted by Crippen LogP contribution is 2.34. The number of piperazine rings is 1. The van der Waals surface area contributed by atoms with Crippen LogP contribution in [0.25, 0.3) is 11.1 Å². The number of nitrogens with one attached hydrogen (secondary N) is 1. The van der Waals surface area contributed by atoms with Crippen LogP contribution in [0.5, 0.6) is 0 Å². The number of morpholine rings is 1. The van der Waals surface area contributed by atoms with Gasteiger partial charge in [-0.2, -0.15) is 5.06 Å². The van der Waals surface area contributed by atoms with E-state index in [0.29, 0.717) is 51.6 Å². The van der Waals surface area contributed by atoms with Crippen molar-refractivity contribution in [3.05, 3.63) is 154 Å². The summed E-state index contributed by atoms with van der Waals surface area (Å²) in [6.45, 7) is 5.41. The molecule has 3 N–H and O–H groups in total. The molecule has 0 bridgehead atoms. The van der Waals surface area contributed by atoms with E-state index in [0.717, 1.165) is 47.3 Å². The number of hydroxylamine groups is 2. The molecule has 2 aliphatic heterocycles. The maximum atomic E-state index is 15.1. The van der Waals surface area contributed by atoms with Crippen LogP contribution in [0.1, 0.15) is 22.3 Å². The Bertz CT molecular complexity index is 2260. The van der Waals surface area contributed by atoms with Crippen LogP contribution in [-0.4, -0.2) is 118 Å². The third-order valence-electron chi connectivity index (χ3n) is 11.5. The molecule has 0 spiro atoms. The number of ketones is 1. The Hall–Kier alpha value is -4.71. The molecule has 3 aliphatic rings. The van der Waals surface area contributed by atoms with Gasteiger partial charge in [0.25, 0.3) is 6.04 Å². The molecule has 4 atom stereocenters. The predicted molar refractivity (Wildman–Crippen MR) is 236 cm³/mol. The Balaban J connectivity index is 1.20. The molecule has 2 heterocycles. The quantitative estimate of drug-likeness (QED) is 0.0602. The molecule has 2 fully saturated rings. The van der Waals surface area contributed by atoms with E-state index in [9.17, 15) is 18.5 Å². The van der Waals surface area contributed by atoms with Gasteiger partial charge in [0.05, 0.1) is 25.2 Å². The third-order valence-corrected chi connectivity index (χ3v) is 13.6. The van der Waals surface area contributed by atoms with Gasteiger partial charge < -0.3 is 14.5 Å². The molecule has 13 nitrogen and oxygen atoms in total. The first kappa shape index (κ1) is 43.4. The van der Waals surface area contributed by atoms with Crippen molar-refractivity contribution in [3.63, 3.8) is 0 Å². The maximum Gasteiger partial charge on any atom is 0.261 e. The standard InChI is InChI=1S/C45H52N6O7S2/c1-57-49-24-25-50(39(32-49)30-36-12-8-9-15-42(36)34-10-4-2-5-11-34)38-18-16-35(17-19-38)44(52)45(22-20-41(60(46,55)56)31-43(45)51(53)54)47-37(21-23-48-26-28-58-29-27-48)33-59-40-13-6-3-7-14-40/h2-20,22,31,37,39,43,47H,21,23-30,32-33H2,1H3,(H2,46,55,56)/t37-,39?,43?,45?/m1/s1. The molecule has 316 valence electrons. The normalized spacial score (nSPS) is 22.0. The zero-order valence-corrected chi connectivity index (χ0v) is 35.3. The van der Waals surface area contributed by atoms with Gasteiger partial charge in [-0.05, 0) is 84.6 Å². The molecule has 0 saturated carbocycles. The number of hydrogen-bond acceptors (Lipinski definition) is 12. The number of rotatable bonds is 17. The summed E-state index contributed by atoms with van der Waals surface area (Å²) in [6.07, 6.45) is 4.84. The monoisotopic (exact) mass is 852 g/mol. The second kappa shape index (κ2) is 19.8. The minimum absolute atomic E-state index is 0.0226. The van der Waals surface area contributed by atoms with E-state index in [1.165, 1.54) is 17.7 Å². The van der Waals surface area contributed by atoms with E-state index in [4.69, 9.17) is 14.7 Å². The number of nitrogens with two attached hydrogens (primary N) is 1. The molecule has 0 radical (unpaired) electrons. The lowest BCUT2D eigenvalue weighted by molar-refractivity contribution is -0.516. The largest absolute Gasteiger partial charge is 0.379 e. The average molecular weight is 853 g/mol.